The molecule has 0 aromatic carbocycles. The van der Waals surface area contributed by atoms with E-state index in [-0.39, 0.29) is 26.3 Å². The van der Waals surface area contributed by atoms with E-state index in [0.29, 0.717) is 0 Å². The summed E-state index contributed by atoms with van der Waals surface area (Å²) in [7, 11) is 0. The molecular weight excluding hydrogens is 250 g/mol. The fourth-order valence-electron chi connectivity index (χ4n) is 0.482. The Kier molecular flexibility index (Phi) is 2.31. The van der Waals surface area contributed by atoms with Crippen LogP contribution in [-0.4, -0.2) is 15.1 Å². The Balaban J connectivity index is 3.04. The summed E-state index contributed by atoms with van der Waals surface area (Å²) in [6, 6.07) is 0. The van der Waals surface area contributed by atoms with Gasteiger partial charge in [-0.25, -0.2) is 9.18 Å². The van der Waals surface area contributed by atoms with E-state index in [9.17, 15) is 9.18 Å². The molecule has 4 heteroatoms. The van der Waals surface area contributed by atoms with Crippen LogP contribution in [0.25, 0.3) is 0 Å². The molecule has 0 fully saturated rings. The van der Waals surface area contributed by atoms with Gasteiger partial charge in [0.15, 0.2) is 0 Å². The van der Waals surface area contributed by atoms with E-state index in [0.717, 1.165) is 0 Å². The molecule has 0 unspecified atom stereocenters. The number of halogens is 2. The highest BCUT2D eigenvalue weighted by Gasteiger charge is 2.10. The normalized spacial score (nSPS) is 16.9. The van der Waals surface area contributed by atoms with Crippen LogP contribution >= 0.6 is 20.7 Å². The number of carboxylic acid groups (broad SMARTS) is 1. The zero-order valence-corrected chi connectivity index (χ0v) is 7.00. The Morgan fingerprint density at radius 1 is 1.70 bits per heavy atom. The van der Waals surface area contributed by atoms with Gasteiger partial charge in [0.2, 0.25) is 0 Å². The molecule has 0 amide bonds. The van der Waals surface area contributed by atoms with Crippen LogP contribution in [-0.2, 0) is 4.79 Å². The van der Waals surface area contributed by atoms with Crippen molar-refractivity contribution in [3.8, 4) is 0 Å². The molecule has 1 heterocycles. The molecule has 0 bridgehead atoms. The lowest BCUT2D eigenvalue weighted by molar-refractivity contribution is -0.132. The molecule has 0 spiro atoms. The summed E-state index contributed by atoms with van der Waals surface area (Å²) in [4.78, 5) is 10.2. The van der Waals surface area contributed by atoms with Crippen molar-refractivity contribution in [3.05, 3.63) is 21.6 Å². The topological polar surface area (TPSA) is 37.3 Å². The predicted octanol–water partition coefficient (Wildman–Crippen LogP) is 1.59. The minimum atomic E-state index is -1.18. The number of rotatable bonds is 1. The number of hydrogen-bond donors (Lipinski definition) is 1. The zero-order valence-electron chi connectivity index (χ0n) is 4.84. The van der Waals surface area contributed by atoms with Crippen molar-refractivity contribution >= 4 is 30.7 Å². The van der Waals surface area contributed by atoms with Gasteiger partial charge in [0, 0.05) is 0 Å². The molecule has 10 heavy (non-hydrogen) atoms. The van der Waals surface area contributed by atoms with Gasteiger partial charge in [-0.3, -0.25) is 0 Å². The molecule has 0 saturated heterocycles. The predicted molar refractivity (Wildman–Crippen MR) is 45.0 cm³/mol. The monoisotopic (exact) mass is 254 g/mol. The van der Waals surface area contributed by atoms with E-state index in [1.54, 1.807) is 4.08 Å². The standard InChI is InChI=1S/C6H4FIO2/c7-5-1-2-8-3-4(5)6(9)10/h1-3H,(H,9,10). The Hall–Kier alpha value is -0.520. The summed E-state index contributed by atoms with van der Waals surface area (Å²) in [5.41, 5.74) is -0.185. The van der Waals surface area contributed by atoms with Gasteiger partial charge in [-0.05, 0) is 14.2 Å². The molecule has 0 saturated carbocycles. The maximum absolute atomic E-state index is 12.5. The third-order valence-corrected chi connectivity index (χ3v) is 2.70. The molecular formula is C6H4FIO2. The summed E-state index contributed by atoms with van der Waals surface area (Å²) in [5.74, 6) is -1.82. The van der Waals surface area contributed by atoms with Crippen molar-refractivity contribution in [2.45, 2.75) is 0 Å². The van der Waals surface area contributed by atoms with Crippen LogP contribution < -0.4 is 0 Å². The second-order valence-corrected chi connectivity index (χ2v) is 3.66. The lowest BCUT2D eigenvalue weighted by Crippen LogP contribution is -2.03. The Morgan fingerprint density at radius 3 is 2.80 bits per heavy atom. The number of allylic oxidation sites excluding steroid dienone is 2. The molecule has 1 aliphatic heterocycles. The molecule has 0 radical (unpaired) electrons. The van der Waals surface area contributed by atoms with Crippen LogP contribution in [0.3, 0.4) is 0 Å². The van der Waals surface area contributed by atoms with Crippen molar-refractivity contribution < 1.29 is 14.3 Å². The maximum atomic E-state index is 12.5. The van der Waals surface area contributed by atoms with Crippen LogP contribution in [0.5, 0.6) is 0 Å². The summed E-state index contributed by atoms with van der Waals surface area (Å²) in [5, 5.41) is 8.36. The van der Waals surface area contributed by atoms with E-state index in [4.69, 9.17) is 5.11 Å². The van der Waals surface area contributed by atoms with Crippen LogP contribution in [0.1, 0.15) is 0 Å². The zero-order chi connectivity index (χ0) is 7.56. The molecule has 0 aromatic rings. The third kappa shape index (κ3) is 1.50. The second-order valence-electron chi connectivity index (χ2n) is 1.59. The largest absolute Gasteiger partial charge is 0.478 e. The van der Waals surface area contributed by atoms with E-state index in [2.05, 4.69) is 0 Å². The second kappa shape index (κ2) is 3.05. The summed E-state index contributed by atoms with van der Waals surface area (Å²) < 4.78 is 15.6. The number of hydrogen-bond acceptors (Lipinski definition) is 1. The highest BCUT2D eigenvalue weighted by molar-refractivity contribution is 14.2. The van der Waals surface area contributed by atoms with E-state index < -0.39 is 11.8 Å². The van der Waals surface area contributed by atoms with Gasteiger partial charge < -0.3 is 5.11 Å². The van der Waals surface area contributed by atoms with Gasteiger partial charge in [0.25, 0.3) is 0 Å². The molecule has 1 aliphatic rings. The molecule has 2 nitrogen and oxygen atoms in total. The Morgan fingerprint density at radius 2 is 2.40 bits per heavy atom. The number of carbonyl (C=O) groups is 1. The quantitative estimate of drug-likeness (QED) is 0.721. The van der Waals surface area contributed by atoms with Crippen molar-refractivity contribution in [3.63, 3.8) is 0 Å². The van der Waals surface area contributed by atoms with Crippen LogP contribution in [0, 0.1) is 0 Å². The van der Waals surface area contributed by atoms with E-state index in [1.165, 1.54) is 10.1 Å². The number of carboxylic acids is 1. The highest BCUT2D eigenvalue weighted by atomic mass is 127. The van der Waals surface area contributed by atoms with Crippen molar-refractivity contribution in [2.75, 3.05) is 0 Å². The van der Waals surface area contributed by atoms with Crippen molar-refractivity contribution in [2.24, 2.45) is 0 Å². The average Bonchev–Trinajstić information content (AvgIpc) is 1.88. The molecule has 0 aliphatic carbocycles. The van der Waals surface area contributed by atoms with Gasteiger partial charge in [0.1, 0.15) is 11.4 Å². The first-order valence-electron chi connectivity index (χ1n) is 2.46. The summed E-state index contributed by atoms with van der Waals surface area (Å²) >= 11 is -0.370. The highest BCUT2D eigenvalue weighted by Crippen LogP contribution is 2.16. The average molecular weight is 254 g/mol. The van der Waals surface area contributed by atoms with Gasteiger partial charge in [-0.2, -0.15) is 0 Å². The van der Waals surface area contributed by atoms with Crippen LogP contribution in [0.4, 0.5) is 4.39 Å². The first kappa shape index (κ1) is 7.59. The van der Waals surface area contributed by atoms with Gasteiger partial charge in [0.05, 0.1) is 0 Å². The fourth-order valence-corrected chi connectivity index (χ4v) is 2.14. The minimum absolute atomic E-state index is 0.185. The third-order valence-electron chi connectivity index (χ3n) is 0.942. The van der Waals surface area contributed by atoms with Gasteiger partial charge in [-0.15, -0.1) is 0 Å². The summed E-state index contributed by atoms with van der Waals surface area (Å²) in [6.45, 7) is 0. The lowest BCUT2D eigenvalue weighted by atomic mass is 10.3. The van der Waals surface area contributed by atoms with E-state index in [1.807, 2.05) is 0 Å². The Labute approximate surface area is 66.8 Å². The van der Waals surface area contributed by atoms with Crippen molar-refractivity contribution in [1.29, 1.82) is 0 Å². The maximum Gasteiger partial charge on any atom is 0.339 e. The van der Waals surface area contributed by atoms with E-state index >= 15 is 0 Å². The smallest absolute Gasteiger partial charge is 0.339 e. The SMILES string of the molecule is O=C(O)C1=C(F)C=CI=C1. The molecule has 0 atom stereocenters. The molecule has 1 N–H and O–H groups in total. The van der Waals surface area contributed by atoms with Crippen molar-refractivity contribution in [1.82, 2.24) is 0 Å². The Bertz CT molecular complexity index is 252. The molecule has 1 rings (SSSR count). The van der Waals surface area contributed by atoms with Gasteiger partial charge >= 0.3 is 5.97 Å². The molecule has 0 aromatic heterocycles. The summed E-state index contributed by atoms with van der Waals surface area (Å²) in [6.07, 6.45) is 1.22. The molecule has 54 valence electrons. The van der Waals surface area contributed by atoms with Crippen LogP contribution in [0.2, 0.25) is 0 Å². The number of aliphatic carboxylic acids is 1. The fraction of sp³-hybridized carbons (Fsp3) is 0. The first-order valence-corrected chi connectivity index (χ1v) is 4.96. The van der Waals surface area contributed by atoms with Gasteiger partial charge in [-0.1, -0.05) is 20.7 Å². The lowest BCUT2D eigenvalue weighted by Gasteiger charge is -1.96. The van der Waals surface area contributed by atoms with Crippen LogP contribution in [0.15, 0.2) is 21.6 Å². The minimum Gasteiger partial charge on any atom is -0.478 e. The first-order chi connectivity index (χ1) is 4.72.